The van der Waals surface area contributed by atoms with E-state index in [1.165, 1.54) is 52.5 Å². The highest BCUT2D eigenvalue weighted by molar-refractivity contribution is 14.1. The van der Waals surface area contributed by atoms with Crippen molar-refractivity contribution in [3.63, 3.8) is 0 Å². The quantitative estimate of drug-likeness (QED) is 0.175. The summed E-state index contributed by atoms with van der Waals surface area (Å²) in [5.74, 6) is 0. The maximum atomic E-state index is 2.47. The fourth-order valence-electron chi connectivity index (χ4n) is 4.58. The summed E-state index contributed by atoms with van der Waals surface area (Å²) in [6.45, 7) is 0.872. The Morgan fingerprint density at radius 1 is 0.552 bits per heavy atom. The standard InChI is InChI=1S/C27H18IN/c28-21-14-9-18(10-15-21)17-29-24-8-4-3-7-23(24)27-25(29)16-13-20-12-11-19-5-1-2-6-22(19)26(20)27/h1-16H,17H2. The van der Waals surface area contributed by atoms with E-state index in [2.05, 4.69) is 124 Å². The van der Waals surface area contributed by atoms with Crippen molar-refractivity contribution >= 4 is 65.9 Å². The first-order chi connectivity index (χ1) is 14.3. The number of nitrogens with zero attached hydrogens (tertiary/aromatic N) is 1. The van der Waals surface area contributed by atoms with Gasteiger partial charge in [0.2, 0.25) is 0 Å². The second-order valence-electron chi connectivity index (χ2n) is 7.57. The highest BCUT2D eigenvalue weighted by Gasteiger charge is 2.15. The Hall–Kier alpha value is -2.85. The van der Waals surface area contributed by atoms with Gasteiger partial charge in [0.25, 0.3) is 0 Å². The second kappa shape index (κ2) is 6.60. The Bertz CT molecular complexity index is 1520. The predicted octanol–water partition coefficient (Wildman–Crippen LogP) is 7.75. The molecule has 0 saturated heterocycles. The van der Waals surface area contributed by atoms with Gasteiger partial charge in [-0.25, -0.2) is 0 Å². The van der Waals surface area contributed by atoms with Gasteiger partial charge in [0, 0.05) is 26.4 Å². The summed E-state index contributed by atoms with van der Waals surface area (Å²) in [6.07, 6.45) is 0. The van der Waals surface area contributed by atoms with E-state index in [4.69, 9.17) is 0 Å². The Balaban J connectivity index is 1.75. The van der Waals surface area contributed by atoms with Gasteiger partial charge in [-0.05, 0) is 74.0 Å². The molecule has 0 radical (unpaired) electrons. The van der Waals surface area contributed by atoms with Crippen LogP contribution in [-0.2, 0) is 6.54 Å². The third-order valence-corrected chi connectivity index (χ3v) is 6.62. The molecule has 5 aromatic carbocycles. The molecule has 0 atom stereocenters. The molecule has 6 rings (SSSR count). The Labute approximate surface area is 182 Å². The summed E-state index contributed by atoms with van der Waals surface area (Å²) in [6, 6.07) is 35.4. The maximum Gasteiger partial charge on any atom is 0.0501 e. The molecule has 0 bridgehead atoms. The minimum atomic E-state index is 0.872. The van der Waals surface area contributed by atoms with E-state index in [0.29, 0.717) is 0 Å². The van der Waals surface area contributed by atoms with Crippen molar-refractivity contribution in [3.8, 4) is 0 Å². The lowest BCUT2D eigenvalue weighted by Gasteiger charge is -2.09. The number of rotatable bonds is 2. The molecule has 0 N–H and O–H groups in total. The fraction of sp³-hybridized carbons (Fsp3) is 0.0370. The molecule has 29 heavy (non-hydrogen) atoms. The van der Waals surface area contributed by atoms with Crippen LogP contribution in [0.3, 0.4) is 0 Å². The molecule has 0 fully saturated rings. The summed E-state index contributed by atoms with van der Waals surface area (Å²) in [4.78, 5) is 0. The SMILES string of the molecule is Ic1ccc(Cn2c3ccccc3c3c4c(ccc5ccccc54)ccc32)cc1. The molecule has 0 spiro atoms. The third-order valence-electron chi connectivity index (χ3n) is 5.90. The van der Waals surface area contributed by atoms with Crippen molar-refractivity contribution in [2.45, 2.75) is 6.54 Å². The molecule has 1 nitrogen and oxygen atoms in total. The van der Waals surface area contributed by atoms with Crippen LogP contribution in [0.15, 0.2) is 97.1 Å². The largest absolute Gasteiger partial charge is 0.336 e. The molecular formula is C27H18IN. The minimum absolute atomic E-state index is 0.872. The number of fused-ring (bicyclic) bond motifs is 7. The average Bonchev–Trinajstić information content (AvgIpc) is 3.09. The van der Waals surface area contributed by atoms with Gasteiger partial charge in [0.1, 0.15) is 0 Å². The third kappa shape index (κ3) is 2.66. The van der Waals surface area contributed by atoms with Crippen LogP contribution in [0.5, 0.6) is 0 Å². The molecule has 0 unspecified atom stereocenters. The van der Waals surface area contributed by atoms with E-state index in [1.807, 2.05) is 0 Å². The summed E-state index contributed by atoms with van der Waals surface area (Å²) < 4.78 is 3.74. The predicted molar refractivity (Wildman–Crippen MR) is 133 cm³/mol. The van der Waals surface area contributed by atoms with Gasteiger partial charge in [-0.2, -0.15) is 0 Å². The van der Waals surface area contributed by atoms with Gasteiger partial charge >= 0.3 is 0 Å². The molecule has 6 aromatic rings. The van der Waals surface area contributed by atoms with Crippen molar-refractivity contribution in [2.24, 2.45) is 0 Å². The van der Waals surface area contributed by atoms with Crippen molar-refractivity contribution in [3.05, 3.63) is 106 Å². The van der Waals surface area contributed by atoms with E-state index >= 15 is 0 Å². The van der Waals surface area contributed by atoms with E-state index in [1.54, 1.807) is 0 Å². The van der Waals surface area contributed by atoms with Crippen LogP contribution in [0.25, 0.3) is 43.4 Å². The van der Waals surface area contributed by atoms with Gasteiger partial charge in [-0.15, -0.1) is 0 Å². The second-order valence-corrected chi connectivity index (χ2v) is 8.82. The molecule has 0 aliphatic carbocycles. The Morgan fingerprint density at radius 2 is 1.24 bits per heavy atom. The summed E-state index contributed by atoms with van der Waals surface area (Å²) in [7, 11) is 0. The number of halogens is 1. The van der Waals surface area contributed by atoms with Crippen LogP contribution in [0.2, 0.25) is 0 Å². The lowest BCUT2D eigenvalue weighted by Crippen LogP contribution is -1.99. The topological polar surface area (TPSA) is 4.93 Å². The molecule has 0 aliphatic rings. The zero-order chi connectivity index (χ0) is 19.4. The van der Waals surface area contributed by atoms with Crippen molar-refractivity contribution in [1.29, 1.82) is 0 Å². The first-order valence-electron chi connectivity index (χ1n) is 9.85. The number of benzene rings is 5. The van der Waals surface area contributed by atoms with E-state index in [9.17, 15) is 0 Å². The maximum absolute atomic E-state index is 2.47. The van der Waals surface area contributed by atoms with E-state index in [0.717, 1.165) is 6.54 Å². The first-order valence-corrected chi connectivity index (χ1v) is 10.9. The Morgan fingerprint density at radius 3 is 2.10 bits per heavy atom. The van der Waals surface area contributed by atoms with Crippen molar-refractivity contribution in [1.82, 2.24) is 4.57 Å². The lowest BCUT2D eigenvalue weighted by molar-refractivity contribution is 0.869. The highest BCUT2D eigenvalue weighted by Crippen LogP contribution is 2.38. The van der Waals surface area contributed by atoms with Crippen LogP contribution in [0.1, 0.15) is 5.56 Å². The van der Waals surface area contributed by atoms with Gasteiger partial charge in [-0.1, -0.05) is 72.8 Å². The Kier molecular flexibility index (Phi) is 3.88. The lowest BCUT2D eigenvalue weighted by atomic mass is 9.97. The van der Waals surface area contributed by atoms with E-state index in [-0.39, 0.29) is 0 Å². The molecule has 138 valence electrons. The molecule has 1 aromatic heterocycles. The van der Waals surface area contributed by atoms with E-state index < -0.39 is 0 Å². The summed E-state index contributed by atoms with van der Waals surface area (Å²) in [5, 5.41) is 7.97. The molecule has 0 amide bonds. The smallest absolute Gasteiger partial charge is 0.0501 e. The number of para-hydroxylation sites is 1. The number of hydrogen-bond donors (Lipinski definition) is 0. The average molecular weight is 483 g/mol. The van der Waals surface area contributed by atoms with Crippen molar-refractivity contribution in [2.75, 3.05) is 0 Å². The molecular weight excluding hydrogens is 465 g/mol. The van der Waals surface area contributed by atoms with Gasteiger partial charge < -0.3 is 4.57 Å². The number of aromatic nitrogens is 1. The molecule has 0 aliphatic heterocycles. The van der Waals surface area contributed by atoms with Crippen LogP contribution >= 0.6 is 22.6 Å². The van der Waals surface area contributed by atoms with Crippen LogP contribution < -0.4 is 0 Å². The zero-order valence-corrected chi connectivity index (χ0v) is 17.9. The van der Waals surface area contributed by atoms with Gasteiger partial charge in [0.05, 0.1) is 5.52 Å². The summed E-state index contributed by atoms with van der Waals surface area (Å²) >= 11 is 2.37. The van der Waals surface area contributed by atoms with Crippen LogP contribution in [0.4, 0.5) is 0 Å². The number of hydrogen-bond acceptors (Lipinski definition) is 0. The van der Waals surface area contributed by atoms with Crippen molar-refractivity contribution < 1.29 is 0 Å². The minimum Gasteiger partial charge on any atom is -0.336 e. The van der Waals surface area contributed by atoms with Crippen LogP contribution in [0, 0.1) is 3.57 Å². The monoisotopic (exact) mass is 483 g/mol. The normalized spacial score (nSPS) is 11.8. The van der Waals surface area contributed by atoms with Gasteiger partial charge in [-0.3, -0.25) is 0 Å². The fourth-order valence-corrected chi connectivity index (χ4v) is 4.94. The van der Waals surface area contributed by atoms with Crippen LogP contribution in [-0.4, -0.2) is 4.57 Å². The zero-order valence-electron chi connectivity index (χ0n) is 15.8. The van der Waals surface area contributed by atoms with Gasteiger partial charge in [0.15, 0.2) is 0 Å². The highest BCUT2D eigenvalue weighted by atomic mass is 127. The molecule has 1 heterocycles. The molecule has 2 heteroatoms. The summed E-state index contributed by atoms with van der Waals surface area (Å²) in [5.41, 5.74) is 3.92. The first kappa shape index (κ1) is 17.0. The molecule has 0 saturated carbocycles.